The largest absolute Gasteiger partial charge is 0.574 e. The number of hydrogen-bond donors (Lipinski definition) is 1. The summed E-state index contributed by atoms with van der Waals surface area (Å²) in [4.78, 5) is 14.1. The second-order valence-electron chi connectivity index (χ2n) is 2.91. The van der Waals surface area contributed by atoms with Gasteiger partial charge in [0.25, 0.3) is 0 Å². The lowest BCUT2D eigenvalue weighted by atomic mass is 10.1. The maximum absolute atomic E-state index is 12.1. The lowest BCUT2D eigenvalue weighted by Crippen LogP contribution is -2.20. The summed E-state index contributed by atoms with van der Waals surface area (Å²) in [6.07, 6.45) is -4.56. The van der Waals surface area contributed by atoms with Gasteiger partial charge in [-0.3, -0.25) is 4.79 Å². The van der Waals surface area contributed by atoms with Crippen molar-refractivity contribution >= 4 is 6.29 Å². The van der Waals surface area contributed by atoms with Crippen LogP contribution in [0.3, 0.4) is 0 Å². The van der Waals surface area contributed by atoms with E-state index >= 15 is 0 Å². The zero-order valence-corrected chi connectivity index (χ0v) is 8.75. The molecule has 0 fully saturated rings. The fourth-order valence-corrected chi connectivity index (χ4v) is 1.15. The van der Waals surface area contributed by atoms with Gasteiger partial charge in [-0.1, -0.05) is 0 Å². The standard InChI is InChI=1S/C9H9F3N2O3/c1-16-7-2-5(4-15)6(3-13)8(14-7)17-9(10,11)12/h2,4H,3,13H2,1H3. The van der Waals surface area contributed by atoms with Crippen molar-refractivity contribution in [3.8, 4) is 11.8 Å². The highest BCUT2D eigenvalue weighted by Crippen LogP contribution is 2.28. The first kappa shape index (κ1) is 13.2. The number of pyridine rings is 1. The first-order valence-corrected chi connectivity index (χ1v) is 4.40. The summed E-state index contributed by atoms with van der Waals surface area (Å²) in [5, 5.41) is 0. The molecule has 8 heteroatoms. The molecule has 0 bridgehead atoms. The molecule has 0 radical (unpaired) electrons. The molecule has 2 N–H and O–H groups in total. The number of rotatable bonds is 4. The summed E-state index contributed by atoms with van der Waals surface area (Å²) in [7, 11) is 1.20. The highest BCUT2D eigenvalue weighted by Gasteiger charge is 2.33. The van der Waals surface area contributed by atoms with Crippen molar-refractivity contribution in [2.24, 2.45) is 5.73 Å². The van der Waals surface area contributed by atoms with Crippen molar-refractivity contribution in [1.29, 1.82) is 0 Å². The van der Waals surface area contributed by atoms with Crippen LogP contribution >= 0.6 is 0 Å². The van der Waals surface area contributed by atoms with E-state index in [2.05, 4.69) is 14.5 Å². The number of aromatic nitrogens is 1. The lowest BCUT2D eigenvalue weighted by molar-refractivity contribution is -0.276. The van der Waals surface area contributed by atoms with Crippen LogP contribution in [0.1, 0.15) is 15.9 Å². The average Bonchev–Trinajstić information content (AvgIpc) is 2.25. The number of carbonyl (C=O) groups is 1. The monoisotopic (exact) mass is 250 g/mol. The van der Waals surface area contributed by atoms with Crippen molar-refractivity contribution in [3.05, 3.63) is 17.2 Å². The maximum atomic E-state index is 12.1. The topological polar surface area (TPSA) is 74.4 Å². The number of nitrogens with two attached hydrogens (primary N) is 1. The smallest absolute Gasteiger partial charge is 0.481 e. The van der Waals surface area contributed by atoms with Crippen molar-refractivity contribution in [2.75, 3.05) is 7.11 Å². The van der Waals surface area contributed by atoms with Crippen LogP contribution in [-0.2, 0) is 6.54 Å². The summed E-state index contributed by atoms with van der Waals surface area (Å²) in [5.74, 6) is -0.940. The molecule has 1 heterocycles. The predicted molar refractivity (Wildman–Crippen MR) is 50.8 cm³/mol. The van der Waals surface area contributed by atoms with Gasteiger partial charge in [0.05, 0.1) is 7.11 Å². The van der Waals surface area contributed by atoms with E-state index in [1.165, 1.54) is 13.2 Å². The summed E-state index contributed by atoms with van der Waals surface area (Å²) in [5.41, 5.74) is 5.07. The molecule has 0 atom stereocenters. The Labute approximate surface area is 94.3 Å². The summed E-state index contributed by atoms with van der Waals surface area (Å²) in [6, 6.07) is 1.18. The van der Waals surface area contributed by atoms with E-state index in [0.717, 1.165) is 0 Å². The molecule has 0 unspecified atom stereocenters. The molecule has 0 aliphatic heterocycles. The number of carbonyl (C=O) groups excluding carboxylic acids is 1. The average molecular weight is 250 g/mol. The van der Waals surface area contributed by atoms with Gasteiger partial charge in [0.2, 0.25) is 11.8 Å². The molecule has 0 saturated carbocycles. The highest BCUT2D eigenvalue weighted by molar-refractivity contribution is 5.78. The third kappa shape index (κ3) is 3.31. The van der Waals surface area contributed by atoms with Crippen molar-refractivity contribution in [2.45, 2.75) is 12.9 Å². The SMILES string of the molecule is COc1cc(C=O)c(CN)c(OC(F)(F)F)n1. The van der Waals surface area contributed by atoms with Crippen LogP contribution in [0.5, 0.6) is 11.8 Å². The Hall–Kier alpha value is -1.83. The number of hydrogen-bond acceptors (Lipinski definition) is 5. The summed E-state index contributed by atoms with van der Waals surface area (Å²) < 4.78 is 44.6. The van der Waals surface area contributed by atoms with E-state index in [0.29, 0.717) is 6.29 Å². The van der Waals surface area contributed by atoms with Crippen LogP contribution in [0.25, 0.3) is 0 Å². The van der Waals surface area contributed by atoms with Gasteiger partial charge >= 0.3 is 6.36 Å². The minimum atomic E-state index is -4.91. The minimum absolute atomic E-state index is 0.0569. The molecule has 0 aromatic carbocycles. The molecule has 0 aliphatic rings. The van der Waals surface area contributed by atoms with E-state index in [-0.39, 0.29) is 23.6 Å². The normalized spacial score (nSPS) is 11.1. The Balaban J connectivity index is 3.29. The van der Waals surface area contributed by atoms with E-state index < -0.39 is 12.2 Å². The van der Waals surface area contributed by atoms with Gasteiger partial charge in [-0.2, -0.15) is 4.98 Å². The minimum Gasteiger partial charge on any atom is -0.481 e. The fraction of sp³-hybridized carbons (Fsp3) is 0.333. The molecular formula is C9H9F3N2O3. The lowest BCUT2D eigenvalue weighted by Gasteiger charge is -2.13. The van der Waals surface area contributed by atoms with Crippen LogP contribution in [0.15, 0.2) is 6.07 Å². The summed E-state index contributed by atoms with van der Waals surface area (Å²) in [6.45, 7) is -0.309. The van der Waals surface area contributed by atoms with Crippen LogP contribution in [0, 0.1) is 0 Å². The first-order chi connectivity index (χ1) is 7.91. The number of aldehydes is 1. The Morgan fingerprint density at radius 2 is 2.18 bits per heavy atom. The van der Waals surface area contributed by atoms with Gasteiger partial charge in [-0.25, -0.2) is 0 Å². The maximum Gasteiger partial charge on any atom is 0.574 e. The molecule has 0 saturated heterocycles. The van der Waals surface area contributed by atoms with E-state index in [4.69, 9.17) is 5.73 Å². The predicted octanol–water partition coefficient (Wildman–Crippen LogP) is 1.26. The Bertz CT molecular complexity index is 421. The number of halogens is 3. The Morgan fingerprint density at radius 1 is 1.53 bits per heavy atom. The van der Waals surface area contributed by atoms with Crippen molar-refractivity contribution in [1.82, 2.24) is 4.98 Å². The van der Waals surface area contributed by atoms with Gasteiger partial charge in [-0.05, 0) is 0 Å². The highest BCUT2D eigenvalue weighted by atomic mass is 19.4. The van der Waals surface area contributed by atoms with E-state index in [1.807, 2.05) is 0 Å². The molecule has 0 spiro atoms. The van der Waals surface area contributed by atoms with Gasteiger partial charge in [-0.15, -0.1) is 13.2 Å². The molecule has 17 heavy (non-hydrogen) atoms. The molecule has 94 valence electrons. The molecule has 5 nitrogen and oxygen atoms in total. The number of ether oxygens (including phenoxy) is 2. The summed E-state index contributed by atoms with van der Waals surface area (Å²) >= 11 is 0. The van der Waals surface area contributed by atoms with Gasteiger partial charge in [0, 0.05) is 23.7 Å². The number of alkyl halides is 3. The molecule has 0 aliphatic carbocycles. The Morgan fingerprint density at radius 3 is 2.59 bits per heavy atom. The zero-order chi connectivity index (χ0) is 13.1. The van der Waals surface area contributed by atoms with Crippen molar-refractivity contribution < 1.29 is 27.4 Å². The quantitative estimate of drug-likeness (QED) is 0.814. The molecule has 1 rings (SSSR count). The molecule has 1 aromatic heterocycles. The first-order valence-electron chi connectivity index (χ1n) is 4.40. The van der Waals surface area contributed by atoms with Crippen LogP contribution < -0.4 is 15.2 Å². The fourth-order valence-electron chi connectivity index (χ4n) is 1.15. The van der Waals surface area contributed by atoms with E-state index in [9.17, 15) is 18.0 Å². The van der Waals surface area contributed by atoms with Gasteiger partial charge in [0.15, 0.2) is 6.29 Å². The second kappa shape index (κ2) is 5.00. The number of nitrogens with zero attached hydrogens (tertiary/aromatic N) is 1. The number of methoxy groups -OCH3 is 1. The molecule has 1 aromatic rings. The molecule has 0 amide bonds. The molecular weight excluding hydrogens is 241 g/mol. The third-order valence-electron chi connectivity index (χ3n) is 1.85. The Kier molecular flexibility index (Phi) is 3.89. The van der Waals surface area contributed by atoms with Gasteiger partial charge in [0.1, 0.15) is 0 Å². The third-order valence-corrected chi connectivity index (χ3v) is 1.85. The van der Waals surface area contributed by atoms with Crippen molar-refractivity contribution in [3.63, 3.8) is 0 Å². The van der Waals surface area contributed by atoms with Crippen LogP contribution in [-0.4, -0.2) is 24.7 Å². The van der Waals surface area contributed by atoms with Gasteiger partial charge < -0.3 is 15.2 Å². The van der Waals surface area contributed by atoms with E-state index in [1.54, 1.807) is 0 Å². The van der Waals surface area contributed by atoms with Crippen LogP contribution in [0.4, 0.5) is 13.2 Å². The zero-order valence-electron chi connectivity index (χ0n) is 8.75. The van der Waals surface area contributed by atoms with Crippen LogP contribution in [0.2, 0.25) is 0 Å². The second-order valence-corrected chi connectivity index (χ2v) is 2.91.